The number of alkyl halides is 1. The van der Waals surface area contributed by atoms with Gasteiger partial charge in [-0.15, -0.1) is 23.4 Å². The normalized spacial score (nSPS) is 16.7. The van der Waals surface area contributed by atoms with E-state index in [0.717, 1.165) is 4.90 Å². The third kappa shape index (κ3) is 2.89. The Balaban J connectivity index is 2.90. The lowest BCUT2D eigenvalue weighted by Crippen LogP contribution is -2.44. The van der Waals surface area contributed by atoms with Crippen LogP contribution in [0.4, 0.5) is 0 Å². The predicted octanol–water partition coefficient (Wildman–Crippen LogP) is 2.65. The topological polar surface area (TPSA) is 43.1 Å². The molecule has 0 aromatic heterocycles. The van der Waals surface area contributed by atoms with E-state index in [1.807, 2.05) is 30.3 Å². The van der Waals surface area contributed by atoms with E-state index in [2.05, 4.69) is 0 Å². The molecule has 0 heterocycles. The highest BCUT2D eigenvalue weighted by atomic mass is 35.5. The van der Waals surface area contributed by atoms with Crippen molar-refractivity contribution in [3.05, 3.63) is 30.3 Å². The molecule has 1 aromatic rings. The molecule has 0 aliphatic carbocycles. The van der Waals surface area contributed by atoms with Crippen molar-refractivity contribution in [2.75, 3.05) is 0 Å². The fraction of sp³-hybridized carbons (Fsp3) is 0.364. The van der Waals surface area contributed by atoms with Crippen molar-refractivity contribution < 1.29 is 4.79 Å². The lowest BCUT2D eigenvalue weighted by molar-refractivity contribution is -0.119. The van der Waals surface area contributed by atoms with Gasteiger partial charge in [-0.05, 0) is 26.0 Å². The van der Waals surface area contributed by atoms with Gasteiger partial charge in [-0.2, -0.15) is 0 Å². The minimum atomic E-state index is -0.775. The molecule has 0 radical (unpaired) electrons. The first-order valence-electron chi connectivity index (χ1n) is 4.65. The predicted molar refractivity (Wildman–Crippen MR) is 65.2 cm³/mol. The number of rotatable bonds is 4. The highest BCUT2D eigenvalue weighted by molar-refractivity contribution is 8.01. The van der Waals surface area contributed by atoms with Crippen LogP contribution in [-0.2, 0) is 4.79 Å². The zero-order valence-electron chi connectivity index (χ0n) is 8.74. The van der Waals surface area contributed by atoms with Gasteiger partial charge in [0.25, 0.3) is 0 Å². The molecule has 0 fully saturated rings. The number of nitrogens with two attached hydrogens (primary N) is 1. The summed E-state index contributed by atoms with van der Waals surface area (Å²) in [6.07, 6.45) is 0. The average molecular weight is 244 g/mol. The van der Waals surface area contributed by atoms with E-state index >= 15 is 0 Å². The number of primary amides is 1. The largest absolute Gasteiger partial charge is 0.368 e. The van der Waals surface area contributed by atoms with Crippen LogP contribution in [0.25, 0.3) is 0 Å². The smallest absolute Gasteiger partial charge is 0.235 e. The first kappa shape index (κ1) is 12.4. The zero-order valence-corrected chi connectivity index (χ0v) is 10.3. The van der Waals surface area contributed by atoms with E-state index < -0.39 is 4.75 Å². The fourth-order valence-corrected chi connectivity index (χ4v) is 2.35. The monoisotopic (exact) mass is 243 g/mol. The molecule has 4 heteroatoms. The summed E-state index contributed by atoms with van der Waals surface area (Å²) in [6, 6.07) is 9.64. The van der Waals surface area contributed by atoms with Gasteiger partial charge < -0.3 is 5.73 Å². The van der Waals surface area contributed by atoms with Crippen molar-refractivity contribution in [3.63, 3.8) is 0 Å². The summed E-state index contributed by atoms with van der Waals surface area (Å²) in [5.41, 5.74) is 5.38. The lowest BCUT2D eigenvalue weighted by atomic mass is 10.1. The average Bonchev–Trinajstić information content (AvgIpc) is 2.18. The van der Waals surface area contributed by atoms with Gasteiger partial charge in [-0.3, -0.25) is 4.79 Å². The second kappa shape index (κ2) is 4.90. The molecular weight excluding hydrogens is 230 g/mol. The molecule has 15 heavy (non-hydrogen) atoms. The maximum atomic E-state index is 11.4. The number of hydrogen-bond acceptors (Lipinski definition) is 2. The van der Waals surface area contributed by atoms with E-state index in [4.69, 9.17) is 17.3 Å². The minimum Gasteiger partial charge on any atom is -0.368 e. The molecule has 0 aliphatic heterocycles. The molecule has 2 unspecified atom stereocenters. The molecule has 0 bridgehead atoms. The lowest BCUT2D eigenvalue weighted by Gasteiger charge is -2.27. The van der Waals surface area contributed by atoms with Crippen molar-refractivity contribution in [1.29, 1.82) is 0 Å². The van der Waals surface area contributed by atoms with E-state index in [9.17, 15) is 4.79 Å². The van der Waals surface area contributed by atoms with Crippen LogP contribution in [0.3, 0.4) is 0 Å². The Morgan fingerprint density at radius 3 is 2.40 bits per heavy atom. The van der Waals surface area contributed by atoms with Crippen molar-refractivity contribution in [2.24, 2.45) is 5.73 Å². The molecule has 0 saturated heterocycles. The van der Waals surface area contributed by atoms with Crippen LogP contribution in [0.2, 0.25) is 0 Å². The van der Waals surface area contributed by atoms with Crippen LogP contribution in [-0.4, -0.2) is 16.0 Å². The summed E-state index contributed by atoms with van der Waals surface area (Å²) in [5, 5.41) is -0.319. The van der Waals surface area contributed by atoms with Crippen molar-refractivity contribution in [1.82, 2.24) is 0 Å². The maximum absolute atomic E-state index is 11.4. The van der Waals surface area contributed by atoms with Crippen molar-refractivity contribution in [2.45, 2.75) is 28.9 Å². The first-order valence-corrected chi connectivity index (χ1v) is 5.90. The third-order valence-corrected chi connectivity index (χ3v) is 4.37. The number of carbonyl (C=O) groups is 1. The van der Waals surface area contributed by atoms with Gasteiger partial charge in [-0.1, -0.05) is 18.2 Å². The number of hydrogen-bond donors (Lipinski definition) is 1. The molecule has 1 rings (SSSR count). The standard InChI is InChI=1S/C11H14ClNOS/c1-8(12)11(2,10(13)14)15-9-6-4-3-5-7-9/h3-8H,1-2H3,(H2,13,14). The van der Waals surface area contributed by atoms with Gasteiger partial charge in [0.05, 0.1) is 5.38 Å². The maximum Gasteiger partial charge on any atom is 0.235 e. The van der Waals surface area contributed by atoms with Crippen LogP contribution >= 0.6 is 23.4 Å². The number of halogens is 1. The molecule has 2 N–H and O–H groups in total. The van der Waals surface area contributed by atoms with Crippen LogP contribution in [0.15, 0.2) is 35.2 Å². The summed E-state index contributed by atoms with van der Waals surface area (Å²) in [4.78, 5) is 12.4. The van der Waals surface area contributed by atoms with Crippen LogP contribution < -0.4 is 5.73 Å². The molecular formula is C11H14ClNOS. The second-order valence-electron chi connectivity index (χ2n) is 3.50. The molecule has 82 valence electrons. The van der Waals surface area contributed by atoms with Gasteiger partial charge in [0.2, 0.25) is 5.91 Å². The van der Waals surface area contributed by atoms with E-state index in [1.54, 1.807) is 13.8 Å². The fourth-order valence-electron chi connectivity index (χ4n) is 1.06. The molecule has 1 amide bonds. The van der Waals surface area contributed by atoms with E-state index in [1.165, 1.54) is 11.8 Å². The Hall–Kier alpha value is -0.670. The van der Waals surface area contributed by atoms with Gasteiger partial charge in [0.1, 0.15) is 4.75 Å². The Labute approximate surface area is 99.2 Å². The van der Waals surface area contributed by atoms with Gasteiger partial charge in [-0.25, -0.2) is 0 Å². The second-order valence-corrected chi connectivity index (χ2v) is 5.68. The van der Waals surface area contributed by atoms with Gasteiger partial charge in [0.15, 0.2) is 0 Å². The highest BCUT2D eigenvalue weighted by Gasteiger charge is 2.37. The van der Waals surface area contributed by atoms with Crippen LogP contribution in [0, 0.1) is 0 Å². The summed E-state index contributed by atoms with van der Waals surface area (Å²) in [6.45, 7) is 3.55. The summed E-state index contributed by atoms with van der Waals surface area (Å²) in [5.74, 6) is -0.390. The van der Waals surface area contributed by atoms with Crippen molar-refractivity contribution in [3.8, 4) is 0 Å². The molecule has 0 aliphatic rings. The number of benzene rings is 1. The summed E-state index contributed by atoms with van der Waals surface area (Å²) in [7, 11) is 0. The SMILES string of the molecule is CC(Cl)C(C)(Sc1ccccc1)C(N)=O. The third-order valence-electron chi connectivity index (χ3n) is 2.32. The Kier molecular flexibility index (Phi) is 4.05. The number of thioether (sulfide) groups is 1. The molecule has 1 aromatic carbocycles. The van der Waals surface area contributed by atoms with E-state index in [-0.39, 0.29) is 11.3 Å². The minimum absolute atomic E-state index is 0.319. The molecule has 0 spiro atoms. The summed E-state index contributed by atoms with van der Waals surface area (Å²) >= 11 is 7.41. The number of carbonyl (C=O) groups excluding carboxylic acids is 1. The quantitative estimate of drug-likeness (QED) is 0.653. The first-order chi connectivity index (χ1) is 6.97. The number of amides is 1. The van der Waals surface area contributed by atoms with Gasteiger partial charge in [0, 0.05) is 4.90 Å². The van der Waals surface area contributed by atoms with E-state index in [0.29, 0.717) is 0 Å². The zero-order chi connectivity index (χ0) is 11.5. The van der Waals surface area contributed by atoms with Crippen LogP contribution in [0.1, 0.15) is 13.8 Å². The molecule has 2 atom stereocenters. The Morgan fingerprint density at radius 2 is 2.00 bits per heavy atom. The summed E-state index contributed by atoms with van der Waals surface area (Å²) < 4.78 is -0.775. The Bertz CT molecular complexity index is 342. The Morgan fingerprint density at radius 1 is 1.47 bits per heavy atom. The van der Waals surface area contributed by atoms with Gasteiger partial charge >= 0.3 is 0 Å². The van der Waals surface area contributed by atoms with Crippen LogP contribution in [0.5, 0.6) is 0 Å². The highest BCUT2D eigenvalue weighted by Crippen LogP contribution is 2.37. The molecule has 2 nitrogen and oxygen atoms in total. The van der Waals surface area contributed by atoms with Crippen molar-refractivity contribution >= 4 is 29.3 Å². The molecule has 0 saturated carbocycles.